The molecule has 5 heteroatoms. The van der Waals surface area contributed by atoms with Crippen LogP contribution in [0.3, 0.4) is 0 Å². The van der Waals surface area contributed by atoms with E-state index in [0.29, 0.717) is 24.8 Å². The van der Waals surface area contributed by atoms with Gasteiger partial charge in [0.15, 0.2) is 0 Å². The normalized spacial score (nSPS) is 30.6. The summed E-state index contributed by atoms with van der Waals surface area (Å²) in [6, 6.07) is -0.732. The van der Waals surface area contributed by atoms with E-state index in [4.69, 9.17) is 4.74 Å². The Hall–Kier alpha value is -1.26. The molecular formula is C15H25NO4. The molecule has 0 spiro atoms. The molecule has 5 nitrogen and oxygen atoms in total. The van der Waals surface area contributed by atoms with Gasteiger partial charge in [-0.15, -0.1) is 0 Å². The van der Waals surface area contributed by atoms with Crippen LogP contribution in [0.2, 0.25) is 0 Å². The predicted octanol–water partition coefficient (Wildman–Crippen LogP) is 2.89. The summed E-state index contributed by atoms with van der Waals surface area (Å²) in [5.74, 6) is -0.0321. The number of hydrogen-bond donors (Lipinski definition) is 1. The third-order valence-electron chi connectivity index (χ3n) is 4.31. The van der Waals surface area contributed by atoms with Crippen LogP contribution in [0, 0.1) is 11.8 Å². The number of amides is 1. The molecule has 0 bridgehead atoms. The third-order valence-corrected chi connectivity index (χ3v) is 4.31. The van der Waals surface area contributed by atoms with Crippen LogP contribution in [0.25, 0.3) is 0 Å². The van der Waals surface area contributed by atoms with Crippen molar-refractivity contribution < 1.29 is 19.4 Å². The standard InChI is InChI=1S/C15H25NO4/c1-15(2,3)20-14(19)16-9-11-7-5-4-6-10(11)8-12(16)13(17)18/h10-12H,4-9H2,1-3H3,(H,17,18). The molecule has 1 N–H and O–H groups in total. The summed E-state index contributed by atoms with van der Waals surface area (Å²) >= 11 is 0. The molecule has 0 radical (unpaired) electrons. The SMILES string of the molecule is CC(C)(C)OC(=O)N1CC2CCCCC2CC1C(=O)O. The summed E-state index contributed by atoms with van der Waals surface area (Å²) in [5, 5.41) is 9.40. The first-order valence-electron chi connectivity index (χ1n) is 7.50. The number of rotatable bonds is 1. The quantitative estimate of drug-likeness (QED) is 0.803. The summed E-state index contributed by atoms with van der Waals surface area (Å²) in [7, 11) is 0. The van der Waals surface area contributed by atoms with Crippen molar-refractivity contribution in [3.8, 4) is 0 Å². The molecule has 1 aliphatic carbocycles. The summed E-state index contributed by atoms with van der Waals surface area (Å²) in [6.07, 6.45) is 4.63. The number of piperidine rings is 1. The second-order valence-electron chi connectivity index (χ2n) is 7.03. The van der Waals surface area contributed by atoms with E-state index in [2.05, 4.69) is 0 Å². The topological polar surface area (TPSA) is 66.8 Å². The number of carbonyl (C=O) groups excluding carboxylic acids is 1. The molecule has 1 aliphatic heterocycles. The van der Waals surface area contributed by atoms with Crippen molar-refractivity contribution in [1.29, 1.82) is 0 Å². The van der Waals surface area contributed by atoms with Crippen molar-refractivity contribution in [2.75, 3.05) is 6.54 Å². The zero-order valence-electron chi connectivity index (χ0n) is 12.6. The molecule has 20 heavy (non-hydrogen) atoms. The van der Waals surface area contributed by atoms with Gasteiger partial charge in [0, 0.05) is 6.54 Å². The summed E-state index contributed by atoms with van der Waals surface area (Å²) in [4.78, 5) is 25.1. The maximum absolute atomic E-state index is 12.2. The van der Waals surface area contributed by atoms with Gasteiger partial charge in [-0.05, 0) is 45.4 Å². The lowest BCUT2D eigenvalue weighted by molar-refractivity contribution is -0.146. The van der Waals surface area contributed by atoms with Gasteiger partial charge in [-0.2, -0.15) is 0 Å². The zero-order chi connectivity index (χ0) is 14.9. The molecular weight excluding hydrogens is 258 g/mol. The fraction of sp³-hybridized carbons (Fsp3) is 0.867. The first kappa shape index (κ1) is 15.1. The van der Waals surface area contributed by atoms with Crippen molar-refractivity contribution >= 4 is 12.1 Å². The second kappa shape index (κ2) is 5.62. The number of ether oxygens (including phenoxy) is 1. The zero-order valence-corrected chi connectivity index (χ0v) is 12.6. The minimum atomic E-state index is -0.917. The molecule has 114 valence electrons. The second-order valence-corrected chi connectivity index (χ2v) is 7.03. The number of nitrogens with zero attached hydrogens (tertiary/aromatic N) is 1. The molecule has 1 heterocycles. The molecule has 0 aromatic heterocycles. The predicted molar refractivity (Wildman–Crippen MR) is 74.4 cm³/mol. The van der Waals surface area contributed by atoms with Crippen LogP contribution in [0.5, 0.6) is 0 Å². The number of aliphatic carboxylic acids is 1. The Bertz CT molecular complexity index is 388. The van der Waals surface area contributed by atoms with Crippen molar-refractivity contribution in [2.45, 2.75) is 64.5 Å². The highest BCUT2D eigenvalue weighted by atomic mass is 16.6. The summed E-state index contributed by atoms with van der Waals surface area (Å²) in [6.45, 7) is 5.92. The lowest BCUT2D eigenvalue weighted by Crippen LogP contribution is -2.55. The Balaban J connectivity index is 2.11. The number of carbonyl (C=O) groups is 2. The van der Waals surface area contributed by atoms with Gasteiger partial charge >= 0.3 is 12.1 Å². The van der Waals surface area contributed by atoms with E-state index < -0.39 is 23.7 Å². The third kappa shape index (κ3) is 3.44. The van der Waals surface area contributed by atoms with Crippen LogP contribution >= 0.6 is 0 Å². The van der Waals surface area contributed by atoms with Gasteiger partial charge in [0.25, 0.3) is 0 Å². The van der Waals surface area contributed by atoms with Gasteiger partial charge in [-0.1, -0.05) is 19.3 Å². The lowest BCUT2D eigenvalue weighted by Gasteiger charge is -2.44. The maximum Gasteiger partial charge on any atom is 0.411 e. The first-order chi connectivity index (χ1) is 9.28. The first-order valence-corrected chi connectivity index (χ1v) is 7.50. The Morgan fingerprint density at radius 1 is 1.15 bits per heavy atom. The van der Waals surface area contributed by atoms with E-state index in [0.717, 1.165) is 12.8 Å². The van der Waals surface area contributed by atoms with Gasteiger partial charge in [0.05, 0.1) is 0 Å². The minimum absolute atomic E-state index is 0.437. The summed E-state index contributed by atoms with van der Waals surface area (Å²) < 4.78 is 5.36. The van der Waals surface area contributed by atoms with Crippen LogP contribution in [0.15, 0.2) is 0 Å². The highest BCUT2D eigenvalue weighted by Crippen LogP contribution is 2.39. The molecule has 0 aromatic carbocycles. The van der Waals surface area contributed by atoms with Gasteiger partial charge in [0.2, 0.25) is 0 Å². The van der Waals surface area contributed by atoms with Crippen LogP contribution in [-0.4, -0.2) is 40.3 Å². The lowest BCUT2D eigenvalue weighted by atomic mass is 9.73. The summed E-state index contributed by atoms with van der Waals surface area (Å²) in [5.41, 5.74) is -0.594. The van der Waals surface area contributed by atoms with Crippen LogP contribution in [0.1, 0.15) is 52.9 Å². The molecule has 2 rings (SSSR count). The average Bonchev–Trinajstić information content (AvgIpc) is 2.35. The number of carboxylic acid groups (broad SMARTS) is 1. The number of hydrogen-bond acceptors (Lipinski definition) is 3. The minimum Gasteiger partial charge on any atom is -0.480 e. The van der Waals surface area contributed by atoms with E-state index in [1.54, 1.807) is 20.8 Å². The van der Waals surface area contributed by atoms with E-state index in [1.807, 2.05) is 0 Å². The van der Waals surface area contributed by atoms with Gasteiger partial charge in [-0.25, -0.2) is 9.59 Å². The molecule has 0 aromatic rings. The molecule has 2 fully saturated rings. The Labute approximate surface area is 120 Å². The molecule has 3 atom stereocenters. The molecule has 2 aliphatic rings. The molecule has 1 saturated heterocycles. The highest BCUT2D eigenvalue weighted by molar-refractivity contribution is 5.80. The maximum atomic E-state index is 12.2. The molecule has 1 amide bonds. The molecule has 1 saturated carbocycles. The fourth-order valence-electron chi connectivity index (χ4n) is 3.39. The van der Waals surface area contributed by atoms with Crippen molar-refractivity contribution in [3.05, 3.63) is 0 Å². The molecule has 3 unspecified atom stereocenters. The smallest absolute Gasteiger partial charge is 0.411 e. The Morgan fingerprint density at radius 3 is 2.30 bits per heavy atom. The Morgan fingerprint density at radius 2 is 1.75 bits per heavy atom. The van der Waals surface area contributed by atoms with E-state index in [9.17, 15) is 14.7 Å². The van der Waals surface area contributed by atoms with Crippen LogP contribution < -0.4 is 0 Å². The number of fused-ring (bicyclic) bond motifs is 1. The van der Waals surface area contributed by atoms with Crippen LogP contribution in [-0.2, 0) is 9.53 Å². The van der Waals surface area contributed by atoms with Crippen molar-refractivity contribution in [2.24, 2.45) is 11.8 Å². The Kier molecular flexibility index (Phi) is 4.25. The van der Waals surface area contributed by atoms with Gasteiger partial charge in [-0.3, -0.25) is 4.90 Å². The number of carboxylic acids is 1. The van der Waals surface area contributed by atoms with Crippen LogP contribution in [0.4, 0.5) is 4.79 Å². The van der Waals surface area contributed by atoms with E-state index in [-0.39, 0.29) is 0 Å². The van der Waals surface area contributed by atoms with Gasteiger partial charge in [0.1, 0.15) is 11.6 Å². The van der Waals surface area contributed by atoms with E-state index >= 15 is 0 Å². The highest BCUT2D eigenvalue weighted by Gasteiger charge is 2.43. The average molecular weight is 283 g/mol. The number of likely N-dealkylation sites (tertiary alicyclic amines) is 1. The van der Waals surface area contributed by atoms with E-state index in [1.165, 1.54) is 17.7 Å². The largest absolute Gasteiger partial charge is 0.480 e. The monoisotopic (exact) mass is 283 g/mol. The van der Waals surface area contributed by atoms with Crippen molar-refractivity contribution in [3.63, 3.8) is 0 Å². The fourth-order valence-corrected chi connectivity index (χ4v) is 3.39. The van der Waals surface area contributed by atoms with Gasteiger partial charge < -0.3 is 9.84 Å². The van der Waals surface area contributed by atoms with Crippen molar-refractivity contribution in [1.82, 2.24) is 4.90 Å².